The Kier molecular flexibility index (Phi) is 5.90. The van der Waals surface area contributed by atoms with Crippen molar-refractivity contribution in [2.75, 3.05) is 32.6 Å². The maximum atomic E-state index is 5.38. The maximum Gasteiger partial charge on any atom is 0.0622 e. The third kappa shape index (κ3) is 4.20. The van der Waals surface area contributed by atoms with Gasteiger partial charge in [0.1, 0.15) is 0 Å². The van der Waals surface area contributed by atoms with Crippen LogP contribution < -0.4 is 0 Å². The van der Waals surface area contributed by atoms with Crippen LogP contribution in [0.4, 0.5) is 0 Å². The summed E-state index contributed by atoms with van der Waals surface area (Å²) in [5, 5.41) is 0. The van der Waals surface area contributed by atoms with Gasteiger partial charge < -0.3 is 9.64 Å². The van der Waals surface area contributed by atoms with Crippen LogP contribution in [0, 0.1) is 5.92 Å². The molecule has 0 aromatic heterocycles. The maximum absolute atomic E-state index is 5.38. The molecule has 1 saturated heterocycles. The molecule has 0 aromatic rings. The van der Waals surface area contributed by atoms with Crippen molar-refractivity contribution in [3.05, 3.63) is 0 Å². The summed E-state index contributed by atoms with van der Waals surface area (Å²) in [6.07, 6.45) is 3.73. The van der Waals surface area contributed by atoms with Gasteiger partial charge in [-0.1, -0.05) is 6.92 Å². The summed E-state index contributed by atoms with van der Waals surface area (Å²) < 4.78 is 5.38. The highest BCUT2D eigenvalue weighted by Gasteiger charge is 2.19. The van der Waals surface area contributed by atoms with Crippen molar-refractivity contribution in [3.8, 4) is 0 Å². The molecule has 2 unspecified atom stereocenters. The lowest BCUT2D eigenvalue weighted by Crippen LogP contribution is -2.33. The average Bonchev–Trinajstić information content (AvgIpc) is 2.67. The Hall–Kier alpha value is 0.270. The molecule has 0 spiro atoms. The molecule has 0 N–H and O–H groups in total. The number of thiol groups is 1. The Labute approximate surface area is 93.4 Å². The number of nitrogens with zero attached hydrogens (tertiary/aromatic N) is 1. The highest BCUT2D eigenvalue weighted by Crippen LogP contribution is 2.14. The van der Waals surface area contributed by atoms with Crippen molar-refractivity contribution >= 4 is 12.6 Å². The zero-order chi connectivity index (χ0) is 10.4. The Morgan fingerprint density at radius 3 is 2.86 bits per heavy atom. The molecule has 0 amide bonds. The molecule has 1 fully saturated rings. The Balaban J connectivity index is 2.10. The number of ether oxygens (including phenoxy) is 1. The lowest BCUT2D eigenvalue weighted by Gasteiger charge is -2.24. The SMILES string of the molecule is CC(CCS)CCN(C)C1CCOC1. The van der Waals surface area contributed by atoms with Crippen molar-refractivity contribution in [2.45, 2.75) is 32.2 Å². The molecule has 1 aliphatic rings. The number of rotatable bonds is 6. The molecule has 2 nitrogen and oxygen atoms in total. The van der Waals surface area contributed by atoms with Crippen LogP contribution in [0.5, 0.6) is 0 Å². The predicted octanol–water partition coefficient (Wildman–Crippen LogP) is 2.05. The fraction of sp³-hybridized carbons (Fsp3) is 1.00. The minimum atomic E-state index is 0.665. The number of hydrogen-bond acceptors (Lipinski definition) is 3. The van der Waals surface area contributed by atoms with Gasteiger partial charge in [0.15, 0.2) is 0 Å². The summed E-state index contributed by atoms with van der Waals surface area (Å²) in [5.74, 6) is 1.81. The van der Waals surface area contributed by atoms with Crippen molar-refractivity contribution in [2.24, 2.45) is 5.92 Å². The number of likely N-dealkylation sites (N-methyl/N-ethyl adjacent to an activating group) is 1. The second-order valence-electron chi connectivity index (χ2n) is 4.40. The van der Waals surface area contributed by atoms with Gasteiger partial charge in [0.2, 0.25) is 0 Å². The van der Waals surface area contributed by atoms with Crippen LogP contribution in [-0.2, 0) is 4.74 Å². The Morgan fingerprint density at radius 2 is 2.29 bits per heavy atom. The van der Waals surface area contributed by atoms with Crippen LogP contribution in [0.15, 0.2) is 0 Å². The van der Waals surface area contributed by atoms with Crippen molar-refractivity contribution in [1.29, 1.82) is 0 Å². The zero-order valence-corrected chi connectivity index (χ0v) is 10.3. The van der Waals surface area contributed by atoms with E-state index in [1.54, 1.807) is 0 Å². The molecule has 84 valence electrons. The molecule has 2 atom stereocenters. The van der Waals surface area contributed by atoms with Crippen LogP contribution in [0.1, 0.15) is 26.2 Å². The normalized spacial score (nSPS) is 24.4. The molecular weight excluding hydrogens is 194 g/mol. The van der Waals surface area contributed by atoms with Crippen molar-refractivity contribution < 1.29 is 4.74 Å². The van der Waals surface area contributed by atoms with Crippen LogP contribution in [0.2, 0.25) is 0 Å². The first-order chi connectivity index (χ1) is 6.74. The highest BCUT2D eigenvalue weighted by molar-refractivity contribution is 7.80. The summed E-state index contributed by atoms with van der Waals surface area (Å²) >= 11 is 4.26. The molecule has 0 saturated carbocycles. The molecule has 0 aromatic carbocycles. The van der Waals surface area contributed by atoms with Gasteiger partial charge in [0.25, 0.3) is 0 Å². The summed E-state index contributed by atoms with van der Waals surface area (Å²) in [5.41, 5.74) is 0. The van der Waals surface area contributed by atoms with E-state index in [1.165, 1.54) is 25.8 Å². The molecule has 14 heavy (non-hydrogen) atoms. The smallest absolute Gasteiger partial charge is 0.0622 e. The van der Waals surface area contributed by atoms with E-state index in [4.69, 9.17) is 4.74 Å². The summed E-state index contributed by atoms with van der Waals surface area (Å²) in [6.45, 7) is 5.39. The van der Waals surface area contributed by atoms with Crippen molar-refractivity contribution in [1.82, 2.24) is 4.90 Å². The van der Waals surface area contributed by atoms with Gasteiger partial charge in [-0.3, -0.25) is 0 Å². The second kappa shape index (κ2) is 6.70. The first-order valence-corrected chi connectivity index (χ1v) is 6.26. The Morgan fingerprint density at radius 1 is 1.50 bits per heavy atom. The minimum Gasteiger partial charge on any atom is -0.380 e. The van der Waals surface area contributed by atoms with Gasteiger partial charge in [-0.05, 0) is 44.5 Å². The molecule has 3 heteroatoms. The van der Waals surface area contributed by atoms with E-state index in [0.717, 1.165) is 24.9 Å². The van der Waals surface area contributed by atoms with E-state index >= 15 is 0 Å². The van der Waals surface area contributed by atoms with Crippen LogP contribution >= 0.6 is 12.6 Å². The van der Waals surface area contributed by atoms with E-state index in [2.05, 4.69) is 31.5 Å². The zero-order valence-electron chi connectivity index (χ0n) is 9.41. The van der Waals surface area contributed by atoms with Crippen LogP contribution in [0.25, 0.3) is 0 Å². The molecule has 1 rings (SSSR count). The monoisotopic (exact) mass is 217 g/mol. The first-order valence-electron chi connectivity index (χ1n) is 5.63. The largest absolute Gasteiger partial charge is 0.380 e. The third-order valence-electron chi connectivity index (χ3n) is 3.13. The van der Waals surface area contributed by atoms with Gasteiger partial charge >= 0.3 is 0 Å². The quantitative estimate of drug-likeness (QED) is 0.684. The van der Waals surface area contributed by atoms with Gasteiger partial charge in [-0.15, -0.1) is 0 Å². The van der Waals surface area contributed by atoms with E-state index < -0.39 is 0 Å². The fourth-order valence-electron chi connectivity index (χ4n) is 1.84. The van der Waals surface area contributed by atoms with E-state index in [1.807, 2.05) is 0 Å². The summed E-state index contributed by atoms with van der Waals surface area (Å²) in [4.78, 5) is 2.45. The Bertz CT molecular complexity index is 148. The molecule has 0 aliphatic carbocycles. The van der Waals surface area contributed by atoms with Gasteiger partial charge in [0, 0.05) is 12.6 Å². The third-order valence-corrected chi connectivity index (χ3v) is 3.38. The standard InChI is InChI=1S/C11H23NOS/c1-10(5-8-14)3-6-12(2)11-4-7-13-9-11/h10-11,14H,3-9H2,1-2H3. The molecule has 1 heterocycles. The minimum absolute atomic E-state index is 0.665. The molecule has 0 radical (unpaired) electrons. The molecule has 0 bridgehead atoms. The van der Waals surface area contributed by atoms with Crippen LogP contribution in [-0.4, -0.2) is 43.5 Å². The molecule has 1 aliphatic heterocycles. The van der Waals surface area contributed by atoms with E-state index in [9.17, 15) is 0 Å². The van der Waals surface area contributed by atoms with Crippen molar-refractivity contribution in [3.63, 3.8) is 0 Å². The van der Waals surface area contributed by atoms with Gasteiger partial charge in [-0.2, -0.15) is 12.6 Å². The van der Waals surface area contributed by atoms with E-state index in [0.29, 0.717) is 6.04 Å². The van der Waals surface area contributed by atoms with Gasteiger partial charge in [0.05, 0.1) is 6.61 Å². The fourth-order valence-corrected chi connectivity index (χ4v) is 2.28. The summed E-state index contributed by atoms with van der Waals surface area (Å²) in [7, 11) is 2.22. The average molecular weight is 217 g/mol. The topological polar surface area (TPSA) is 12.5 Å². The predicted molar refractivity (Wildman–Crippen MR) is 64.1 cm³/mol. The van der Waals surface area contributed by atoms with Crippen LogP contribution in [0.3, 0.4) is 0 Å². The summed E-state index contributed by atoms with van der Waals surface area (Å²) in [6, 6.07) is 0.665. The molecular formula is C11H23NOS. The number of hydrogen-bond donors (Lipinski definition) is 1. The van der Waals surface area contributed by atoms with Gasteiger partial charge in [-0.25, -0.2) is 0 Å². The highest BCUT2D eigenvalue weighted by atomic mass is 32.1. The lowest BCUT2D eigenvalue weighted by atomic mass is 10.0. The lowest BCUT2D eigenvalue weighted by molar-refractivity contribution is 0.156. The van der Waals surface area contributed by atoms with E-state index in [-0.39, 0.29) is 0 Å². The first kappa shape index (κ1) is 12.3. The second-order valence-corrected chi connectivity index (χ2v) is 4.85.